The number of hydrogen-bond donors (Lipinski definition) is 3. The fourth-order valence-corrected chi connectivity index (χ4v) is 2.00. The van der Waals surface area contributed by atoms with Gasteiger partial charge in [0, 0.05) is 5.56 Å². The molecule has 1 amide bonds. The number of amides is 1. The number of carboxylic acids is 1. The summed E-state index contributed by atoms with van der Waals surface area (Å²) in [6, 6.07) is 2.87. The van der Waals surface area contributed by atoms with Crippen molar-refractivity contribution in [3.63, 3.8) is 0 Å². The van der Waals surface area contributed by atoms with Crippen LogP contribution in [0.15, 0.2) is 12.1 Å². The number of carbonyl (C=O) groups excluding carboxylic acids is 1. The number of carbonyl (C=O) groups is 2. The van der Waals surface area contributed by atoms with Gasteiger partial charge in [-0.2, -0.15) is 0 Å². The first kappa shape index (κ1) is 20.1. The number of benzene rings is 1. The molecule has 1 aromatic rings. The molecule has 0 heterocycles. The van der Waals surface area contributed by atoms with Crippen LogP contribution >= 0.6 is 11.6 Å². The molecule has 1 unspecified atom stereocenters. The molecule has 0 aliphatic carbocycles. The summed E-state index contributed by atoms with van der Waals surface area (Å²) in [5.74, 6) is -1.33. The quantitative estimate of drug-likeness (QED) is 0.623. The van der Waals surface area contributed by atoms with Crippen molar-refractivity contribution >= 4 is 23.5 Å². The van der Waals surface area contributed by atoms with Crippen molar-refractivity contribution in [2.45, 2.75) is 32.8 Å². The summed E-state index contributed by atoms with van der Waals surface area (Å²) in [4.78, 5) is 23.0. The van der Waals surface area contributed by atoms with Crippen molar-refractivity contribution < 1.29 is 29.3 Å². The molecule has 1 rings (SSSR count). The Hall–Kier alpha value is -1.99. The predicted molar refractivity (Wildman–Crippen MR) is 89.0 cm³/mol. The molecule has 3 N–H and O–H groups in total. The summed E-state index contributed by atoms with van der Waals surface area (Å²) in [6.07, 6.45) is 0.786. The normalized spacial score (nSPS) is 13.0. The van der Waals surface area contributed by atoms with E-state index in [1.54, 1.807) is 6.92 Å². The smallest absolute Gasteiger partial charge is 0.337 e. The molecule has 1 atom stereocenters. The van der Waals surface area contributed by atoms with Crippen molar-refractivity contribution in [2.24, 2.45) is 0 Å². The molecule has 134 valence electrons. The maximum absolute atomic E-state index is 12.2. The number of carboxylic acid groups (broad SMARTS) is 1. The van der Waals surface area contributed by atoms with Crippen LogP contribution in [0.3, 0.4) is 0 Å². The van der Waals surface area contributed by atoms with E-state index >= 15 is 0 Å². The first-order chi connectivity index (χ1) is 11.2. The van der Waals surface area contributed by atoms with E-state index < -0.39 is 24.0 Å². The monoisotopic (exact) mass is 359 g/mol. The van der Waals surface area contributed by atoms with Crippen LogP contribution in [0.1, 0.15) is 37.6 Å². The summed E-state index contributed by atoms with van der Waals surface area (Å²) in [7, 11) is 0. The number of halogens is 1. The molecule has 7 nitrogen and oxygen atoms in total. The molecule has 0 spiro atoms. The third-order valence-corrected chi connectivity index (χ3v) is 3.36. The number of aliphatic hydroxyl groups is 1. The molecule has 0 aliphatic heterocycles. The van der Waals surface area contributed by atoms with E-state index in [9.17, 15) is 14.7 Å². The Morgan fingerprint density at radius 3 is 2.50 bits per heavy atom. The van der Waals surface area contributed by atoms with Crippen LogP contribution in [-0.2, 0) is 4.79 Å². The Labute approximate surface area is 145 Å². The summed E-state index contributed by atoms with van der Waals surface area (Å²) in [6.45, 7) is 5.19. The van der Waals surface area contributed by atoms with E-state index in [1.165, 1.54) is 12.1 Å². The minimum absolute atomic E-state index is 0.175. The number of rotatable bonds is 9. The molecule has 8 heteroatoms. The fourth-order valence-electron chi connectivity index (χ4n) is 1.74. The molecule has 0 aromatic heterocycles. The average molecular weight is 360 g/mol. The summed E-state index contributed by atoms with van der Waals surface area (Å²) in [5, 5.41) is 21.0. The maximum atomic E-state index is 12.2. The van der Waals surface area contributed by atoms with Gasteiger partial charge in [0.05, 0.1) is 24.8 Å². The van der Waals surface area contributed by atoms with Crippen molar-refractivity contribution in [1.82, 2.24) is 5.32 Å². The zero-order chi connectivity index (χ0) is 18.3. The highest BCUT2D eigenvalue weighted by Gasteiger charge is 2.30. The van der Waals surface area contributed by atoms with Gasteiger partial charge in [0.1, 0.15) is 0 Å². The number of aliphatic carboxylic acids is 1. The fraction of sp³-hybridized carbons (Fsp3) is 0.500. The highest BCUT2D eigenvalue weighted by Crippen LogP contribution is 2.36. The van der Waals surface area contributed by atoms with Gasteiger partial charge in [0.15, 0.2) is 17.1 Å². The Morgan fingerprint density at radius 1 is 1.29 bits per heavy atom. The van der Waals surface area contributed by atoms with Gasteiger partial charge in [-0.25, -0.2) is 4.79 Å². The first-order valence-corrected chi connectivity index (χ1v) is 7.93. The molecular weight excluding hydrogens is 338 g/mol. The minimum atomic E-state index is -2.06. The van der Waals surface area contributed by atoms with Gasteiger partial charge >= 0.3 is 5.97 Å². The van der Waals surface area contributed by atoms with E-state index in [-0.39, 0.29) is 10.6 Å². The zero-order valence-electron chi connectivity index (χ0n) is 13.9. The first-order valence-electron chi connectivity index (χ1n) is 7.56. The molecule has 0 fully saturated rings. The molecule has 0 saturated carbocycles. The van der Waals surface area contributed by atoms with Crippen LogP contribution in [0.5, 0.6) is 11.5 Å². The lowest BCUT2D eigenvalue weighted by Crippen LogP contribution is -2.46. The van der Waals surface area contributed by atoms with Crippen LogP contribution in [0.25, 0.3) is 0 Å². The third-order valence-electron chi connectivity index (χ3n) is 3.08. The van der Waals surface area contributed by atoms with Crippen molar-refractivity contribution in [1.29, 1.82) is 0 Å². The lowest BCUT2D eigenvalue weighted by Gasteiger charge is -2.19. The SMILES string of the molecule is CCCOc1c(Cl)cc(C(=O)NCC(C)(O)C(=O)O)cc1OCC. The van der Waals surface area contributed by atoms with E-state index in [0.29, 0.717) is 24.7 Å². The topological polar surface area (TPSA) is 105 Å². The maximum Gasteiger partial charge on any atom is 0.337 e. The van der Waals surface area contributed by atoms with Gasteiger partial charge in [0.2, 0.25) is 0 Å². The van der Waals surface area contributed by atoms with Crippen molar-refractivity contribution in [3.05, 3.63) is 22.7 Å². The van der Waals surface area contributed by atoms with Gasteiger partial charge < -0.3 is 25.0 Å². The van der Waals surface area contributed by atoms with Crippen LogP contribution in [-0.4, -0.2) is 47.4 Å². The van der Waals surface area contributed by atoms with Crippen LogP contribution in [0, 0.1) is 0 Å². The lowest BCUT2D eigenvalue weighted by atomic mass is 10.1. The Morgan fingerprint density at radius 2 is 1.96 bits per heavy atom. The predicted octanol–water partition coefficient (Wildman–Crippen LogP) is 2.09. The van der Waals surface area contributed by atoms with E-state index in [4.69, 9.17) is 26.2 Å². The largest absolute Gasteiger partial charge is 0.490 e. The Bertz CT molecular complexity index is 602. The van der Waals surface area contributed by atoms with Crippen molar-refractivity contribution in [2.75, 3.05) is 19.8 Å². The Kier molecular flexibility index (Phi) is 7.31. The summed E-state index contributed by atoms with van der Waals surface area (Å²) in [5.41, 5.74) is -1.89. The second-order valence-corrected chi connectivity index (χ2v) is 5.74. The molecule has 0 aliphatic rings. The van der Waals surface area contributed by atoms with Crippen LogP contribution in [0.2, 0.25) is 5.02 Å². The minimum Gasteiger partial charge on any atom is -0.490 e. The highest BCUT2D eigenvalue weighted by molar-refractivity contribution is 6.32. The van der Waals surface area contributed by atoms with Gasteiger partial charge in [-0.05, 0) is 32.4 Å². The third kappa shape index (κ3) is 5.28. The van der Waals surface area contributed by atoms with Crippen LogP contribution < -0.4 is 14.8 Å². The highest BCUT2D eigenvalue weighted by atomic mass is 35.5. The standard InChI is InChI=1S/C16H22ClNO6/c1-4-6-24-13-11(17)7-10(8-12(13)23-5-2)14(19)18-9-16(3,22)15(20)21/h7-8,22H,4-6,9H2,1-3H3,(H,18,19)(H,20,21). The molecule has 0 bridgehead atoms. The number of nitrogens with one attached hydrogen (secondary N) is 1. The van der Waals surface area contributed by atoms with Gasteiger partial charge in [-0.1, -0.05) is 18.5 Å². The number of hydrogen-bond acceptors (Lipinski definition) is 5. The zero-order valence-corrected chi connectivity index (χ0v) is 14.6. The average Bonchev–Trinajstić information content (AvgIpc) is 2.51. The van der Waals surface area contributed by atoms with Crippen molar-refractivity contribution in [3.8, 4) is 11.5 Å². The van der Waals surface area contributed by atoms with Crippen LogP contribution in [0.4, 0.5) is 0 Å². The molecular formula is C16H22ClNO6. The summed E-state index contributed by atoms with van der Waals surface area (Å²) < 4.78 is 11.0. The molecule has 24 heavy (non-hydrogen) atoms. The van der Waals surface area contributed by atoms with Gasteiger partial charge in [-0.15, -0.1) is 0 Å². The summed E-state index contributed by atoms with van der Waals surface area (Å²) >= 11 is 6.16. The van der Waals surface area contributed by atoms with E-state index in [2.05, 4.69) is 5.32 Å². The van der Waals surface area contributed by atoms with E-state index in [0.717, 1.165) is 13.3 Å². The van der Waals surface area contributed by atoms with Gasteiger partial charge in [-0.3, -0.25) is 4.79 Å². The van der Waals surface area contributed by atoms with Gasteiger partial charge in [0.25, 0.3) is 5.91 Å². The second-order valence-electron chi connectivity index (χ2n) is 5.33. The Balaban J connectivity index is 2.99. The molecule has 0 saturated heterocycles. The molecule has 1 aromatic carbocycles. The van der Waals surface area contributed by atoms with E-state index in [1.807, 2.05) is 6.92 Å². The molecule has 0 radical (unpaired) electrons. The lowest BCUT2D eigenvalue weighted by molar-refractivity contribution is -0.155. The second kappa shape index (κ2) is 8.75. The number of ether oxygens (including phenoxy) is 2.